The molecule has 11 aromatic rings. The molecule has 1 aromatic heterocycles. The topological polar surface area (TPSA) is 25.2 Å². The molecular weight excluding hydrogens is 789 g/mol. The lowest BCUT2D eigenvalue weighted by Crippen LogP contribution is -2.26. The first-order valence-corrected chi connectivity index (χ1v) is 22.3. The molecule has 10 aromatic carbocycles. The fourth-order valence-electron chi connectivity index (χ4n) is 11.1. The van der Waals surface area contributed by atoms with E-state index in [1.807, 2.05) is 53.1 Å². The number of fused-ring (bicyclic) bond motifs is 13. The van der Waals surface area contributed by atoms with E-state index in [4.69, 9.17) is 0 Å². The summed E-state index contributed by atoms with van der Waals surface area (Å²) in [6.45, 7) is 0. The standard InChI is InChI=1S/C62H40N2O/c65-61-51-23-8-7-20-48(51)53-40-44(34-39-58(53)64(61)45-18-5-2-6-19-45)43-32-37-47(38-33-43)63(46-35-30-42(31-36-46)41-16-3-1-4-17-41)59-29-15-28-57-60(59)52-24-11-14-27-56(52)62(57)54-25-12-9-21-49(54)50-22-10-13-26-55(50)62/h1-40H. The first-order chi connectivity index (χ1) is 32.2. The summed E-state index contributed by atoms with van der Waals surface area (Å²) in [5, 5.41) is 2.69. The lowest BCUT2D eigenvalue weighted by atomic mass is 9.70. The zero-order valence-electron chi connectivity index (χ0n) is 35.4. The minimum atomic E-state index is -0.451. The Labute approximate surface area is 377 Å². The van der Waals surface area contributed by atoms with Crippen molar-refractivity contribution in [2.75, 3.05) is 4.90 Å². The molecule has 0 saturated heterocycles. The van der Waals surface area contributed by atoms with E-state index in [9.17, 15) is 4.79 Å². The average Bonchev–Trinajstić information content (AvgIpc) is 3.85. The van der Waals surface area contributed by atoms with E-state index in [-0.39, 0.29) is 5.56 Å². The Morgan fingerprint density at radius 3 is 1.48 bits per heavy atom. The molecule has 0 N–H and O–H groups in total. The van der Waals surface area contributed by atoms with E-state index < -0.39 is 5.41 Å². The van der Waals surface area contributed by atoms with Crippen molar-refractivity contribution in [2.24, 2.45) is 0 Å². The van der Waals surface area contributed by atoms with Crippen molar-refractivity contribution in [2.45, 2.75) is 5.41 Å². The highest BCUT2D eigenvalue weighted by atomic mass is 16.1. The number of hydrogen-bond donors (Lipinski definition) is 0. The van der Waals surface area contributed by atoms with E-state index in [2.05, 4.69) is 199 Å². The smallest absolute Gasteiger partial charge is 0.263 e. The van der Waals surface area contributed by atoms with Crippen molar-refractivity contribution in [1.82, 2.24) is 4.57 Å². The zero-order chi connectivity index (χ0) is 43.1. The van der Waals surface area contributed by atoms with Gasteiger partial charge in [0.1, 0.15) is 0 Å². The van der Waals surface area contributed by atoms with Gasteiger partial charge in [-0.05, 0) is 127 Å². The van der Waals surface area contributed by atoms with Crippen LogP contribution in [0.2, 0.25) is 0 Å². The summed E-state index contributed by atoms with van der Waals surface area (Å²) in [6.07, 6.45) is 0. The van der Waals surface area contributed by atoms with Gasteiger partial charge in [0.2, 0.25) is 0 Å². The number of aromatic nitrogens is 1. The molecule has 1 spiro atoms. The van der Waals surface area contributed by atoms with Crippen molar-refractivity contribution in [3.8, 4) is 50.2 Å². The summed E-state index contributed by atoms with van der Waals surface area (Å²) in [6, 6.07) is 86.8. The average molecular weight is 829 g/mol. The lowest BCUT2D eigenvalue weighted by Gasteiger charge is -2.32. The maximum Gasteiger partial charge on any atom is 0.263 e. The molecule has 2 aliphatic carbocycles. The first-order valence-electron chi connectivity index (χ1n) is 22.3. The van der Waals surface area contributed by atoms with E-state index in [0.717, 1.165) is 50.2 Å². The second kappa shape index (κ2) is 14.5. The number of hydrogen-bond acceptors (Lipinski definition) is 2. The van der Waals surface area contributed by atoms with Crippen LogP contribution in [-0.2, 0) is 5.41 Å². The molecular formula is C62H40N2O. The van der Waals surface area contributed by atoms with Crippen LogP contribution in [0.1, 0.15) is 22.3 Å². The second-order valence-corrected chi connectivity index (χ2v) is 17.1. The highest BCUT2D eigenvalue weighted by molar-refractivity contribution is 6.08. The number of rotatable bonds is 6. The van der Waals surface area contributed by atoms with Gasteiger partial charge in [0.25, 0.3) is 5.56 Å². The van der Waals surface area contributed by atoms with Gasteiger partial charge in [-0.3, -0.25) is 9.36 Å². The molecule has 304 valence electrons. The van der Waals surface area contributed by atoms with E-state index in [1.165, 1.54) is 55.6 Å². The monoisotopic (exact) mass is 828 g/mol. The Morgan fingerprint density at radius 1 is 0.354 bits per heavy atom. The number of para-hydroxylation sites is 1. The van der Waals surface area contributed by atoms with Crippen LogP contribution >= 0.6 is 0 Å². The largest absolute Gasteiger partial charge is 0.310 e. The molecule has 3 heteroatoms. The van der Waals surface area contributed by atoms with Crippen LogP contribution in [0.15, 0.2) is 247 Å². The van der Waals surface area contributed by atoms with Crippen molar-refractivity contribution in [3.63, 3.8) is 0 Å². The minimum Gasteiger partial charge on any atom is -0.310 e. The number of pyridine rings is 1. The highest BCUT2D eigenvalue weighted by Gasteiger charge is 2.52. The number of anilines is 3. The van der Waals surface area contributed by atoms with Gasteiger partial charge in [0, 0.05) is 33.4 Å². The third-order valence-electron chi connectivity index (χ3n) is 13.8. The summed E-state index contributed by atoms with van der Waals surface area (Å²) >= 11 is 0. The van der Waals surface area contributed by atoms with Crippen LogP contribution < -0.4 is 10.5 Å². The normalized spacial score (nSPS) is 12.8. The SMILES string of the molecule is O=c1c2ccccc2c2cc(-c3ccc(N(c4ccc(-c5ccccc5)cc4)c4cccc5c4-c4ccccc4C54c5ccccc5-c5ccccc54)cc3)ccc2n1-c1ccccc1. The van der Waals surface area contributed by atoms with Crippen molar-refractivity contribution < 1.29 is 0 Å². The maximum absolute atomic E-state index is 14.0. The summed E-state index contributed by atoms with van der Waals surface area (Å²) in [7, 11) is 0. The molecule has 1 heterocycles. The van der Waals surface area contributed by atoms with Gasteiger partial charge in [0.05, 0.1) is 16.6 Å². The minimum absolute atomic E-state index is 0.0180. The molecule has 13 rings (SSSR count). The second-order valence-electron chi connectivity index (χ2n) is 17.1. The lowest BCUT2D eigenvalue weighted by molar-refractivity contribution is 0.794. The summed E-state index contributed by atoms with van der Waals surface area (Å²) in [4.78, 5) is 16.4. The number of benzene rings is 10. The Morgan fingerprint density at radius 2 is 0.831 bits per heavy atom. The zero-order valence-corrected chi connectivity index (χ0v) is 35.4. The summed E-state index contributed by atoms with van der Waals surface area (Å²) in [5.74, 6) is 0. The van der Waals surface area contributed by atoms with Crippen LogP contribution in [0.25, 0.3) is 71.9 Å². The summed E-state index contributed by atoms with van der Waals surface area (Å²) < 4.78 is 1.84. The third kappa shape index (κ3) is 5.46. The highest BCUT2D eigenvalue weighted by Crippen LogP contribution is 2.64. The van der Waals surface area contributed by atoms with Crippen LogP contribution in [0, 0.1) is 0 Å². The quantitative estimate of drug-likeness (QED) is 0.156. The Kier molecular flexibility index (Phi) is 8.28. The van der Waals surface area contributed by atoms with Gasteiger partial charge in [0.15, 0.2) is 0 Å². The van der Waals surface area contributed by atoms with Crippen LogP contribution in [0.5, 0.6) is 0 Å². The molecule has 0 saturated carbocycles. The van der Waals surface area contributed by atoms with E-state index in [1.54, 1.807) is 0 Å². The Hall–Kier alpha value is -8.53. The molecule has 0 fully saturated rings. The summed E-state index contributed by atoms with van der Waals surface area (Å²) in [5.41, 5.74) is 19.4. The molecule has 3 nitrogen and oxygen atoms in total. The van der Waals surface area contributed by atoms with Crippen LogP contribution in [0.3, 0.4) is 0 Å². The first kappa shape index (κ1) is 37.1. The van der Waals surface area contributed by atoms with Crippen LogP contribution in [-0.4, -0.2) is 4.57 Å². The van der Waals surface area contributed by atoms with Gasteiger partial charge in [-0.25, -0.2) is 0 Å². The molecule has 0 bridgehead atoms. The molecule has 2 aliphatic rings. The molecule has 0 amide bonds. The third-order valence-corrected chi connectivity index (χ3v) is 13.8. The van der Waals surface area contributed by atoms with E-state index in [0.29, 0.717) is 5.39 Å². The van der Waals surface area contributed by atoms with Gasteiger partial charge >= 0.3 is 0 Å². The molecule has 0 aliphatic heterocycles. The van der Waals surface area contributed by atoms with Gasteiger partial charge in [-0.2, -0.15) is 0 Å². The predicted octanol–water partition coefficient (Wildman–Crippen LogP) is 15.3. The molecule has 65 heavy (non-hydrogen) atoms. The molecule has 0 unspecified atom stereocenters. The fraction of sp³-hybridized carbons (Fsp3) is 0.0161. The predicted molar refractivity (Wildman–Crippen MR) is 269 cm³/mol. The Balaban J connectivity index is 0.997. The van der Waals surface area contributed by atoms with Crippen molar-refractivity contribution >= 4 is 38.7 Å². The van der Waals surface area contributed by atoms with Crippen LogP contribution in [0.4, 0.5) is 17.1 Å². The van der Waals surface area contributed by atoms with Crippen molar-refractivity contribution in [3.05, 3.63) is 275 Å². The van der Waals surface area contributed by atoms with E-state index >= 15 is 0 Å². The van der Waals surface area contributed by atoms with Gasteiger partial charge in [-0.1, -0.05) is 182 Å². The fourth-order valence-corrected chi connectivity index (χ4v) is 11.1. The number of nitrogens with zero attached hydrogens (tertiary/aromatic N) is 2. The maximum atomic E-state index is 14.0. The Bertz CT molecular complexity index is 3670. The van der Waals surface area contributed by atoms with Gasteiger partial charge < -0.3 is 4.90 Å². The molecule has 0 radical (unpaired) electrons. The van der Waals surface area contributed by atoms with Crippen molar-refractivity contribution in [1.29, 1.82) is 0 Å². The molecule has 0 atom stereocenters. The van der Waals surface area contributed by atoms with Gasteiger partial charge in [-0.15, -0.1) is 0 Å².